The SMILES string of the molecule is O=C(CNC(=O)c1ccc2c(c1)CCC2)NC1CCCCC1O. The lowest BCUT2D eigenvalue weighted by Gasteiger charge is -2.28. The molecule has 2 amide bonds. The fourth-order valence-electron chi connectivity index (χ4n) is 3.51. The van der Waals surface area contributed by atoms with E-state index in [0.29, 0.717) is 5.56 Å². The monoisotopic (exact) mass is 316 g/mol. The number of hydrogen-bond acceptors (Lipinski definition) is 3. The van der Waals surface area contributed by atoms with Gasteiger partial charge in [-0.1, -0.05) is 18.9 Å². The standard InChI is InChI=1S/C18H24N2O3/c21-16-7-2-1-6-15(16)20-17(22)11-19-18(23)14-9-8-12-4-3-5-13(12)10-14/h8-10,15-16,21H,1-7,11H2,(H,19,23)(H,20,22). The van der Waals surface area contributed by atoms with Crippen molar-refractivity contribution in [2.75, 3.05) is 6.54 Å². The highest BCUT2D eigenvalue weighted by Gasteiger charge is 2.24. The van der Waals surface area contributed by atoms with E-state index in [-0.39, 0.29) is 24.4 Å². The molecule has 2 unspecified atom stereocenters. The third kappa shape index (κ3) is 3.91. The molecule has 1 fully saturated rings. The number of aliphatic hydroxyl groups excluding tert-OH is 1. The molecule has 0 bridgehead atoms. The van der Waals surface area contributed by atoms with Gasteiger partial charge in [0.1, 0.15) is 0 Å². The molecule has 2 aliphatic rings. The lowest BCUT2D eigenvalue weighted by atomic mass is 9.92. The summed E-state index contributed by atoms with van der Waals surface area (Å²) in [6.45, 7) is -0.0564. The van der Waals surface area contributed by atoms with Crippen LogP contribution in [0.25, 0.3) is 0 Å². The van der Waals surface area contributed by atoms with Gasteiger partial charge in [0.05, 0.1) is 18.7 Å². The second-order valence-electron chi connectivity index (χ2n) is 6.55. The minimum absolute atomic E-state index is 0.0564. The van der Waals surface area contributed by atoms with Crippen molar-refractivity contribution >= 4 is 11.8 Å². The first-order valence-electron chi connectivity index (χ1n) is 8.51. The lowest BCUT2D eigenvalue weighted by molar-refractivity contribution is -0.122. The van der Waals surface area contributed by atoms with Crippen molar-refractivity contribution in [1.29, 1.82) is 0 Å². The zero-order valence-electron chi connectivity index (χ0n) is 13.3. The zero-order chi connectivity index (χ0) is 16.2. The Balaban J connectivity index is 1.49. The van der Waals surface area contributed by atoms with Gasteiger partial charge in [0.2, 0.25) is 5.91 Å². The second kappa shape index (κ2) is 7.13. The maximum absolute atomic E-state index is 12.2. The minimum Gasteiger partial charge on any atom is -0.391 e. The summed E-state index contributed by atoms with van der Waals surface area (Å²) >= 11 is 0. The van der Waals surface area contributed by atoms with Crippen LogP contribution in [-0.2, 0) is 17.6 Å². The van der Waals surface area contributed by atoms with Crippen molar-refractivity contribution in [2.24, 2.45) is 0 Å². The van der Waals surface area contributed by atoms with Crippen molar-refractivity contribution < 1.29 is 14.7 Å². The summed E-state index contributed by atoms with van der Waals surface area (Å²) in [5.41, 5.74) is 3.18. The van der Waals surface area contributed by atoms with Crippen LogP contribution in [0.3, 0.4) is 0 Å². The fourth-order valence-corrected chi connectivity index (χ4v) is 3.51. The van der Waals surface area contributed by atoms with E-state index in [1.165, 1.54) is 11.1 Å². The Labute approximate surface area is 136 Å². The molecule has 3 N–H and O–H groups in total. The number of carbonyl (C=O) groups excluding carboxylic acids is 2. The predicted molar refractivity (Wildman–Crippen MR) is 87.2 cm³/mol. The summed E-state index contributed by atoms with van der Waals surface area (Å²) in [4.78, 5) is 24.1. The van der Waals surface area contributed by atoms with Crippen molar-refractivity contribution in [3.63, 3.8) is 0 Å². The number of aryl methyl sites for hydroxylation is 2. The molecule has 1 saturated carbocycles. The van der Waals surface area contributed by atoms with Gasteiger partial charge in [0.25, 0.3) is 5.91 Å². The van der Waals surface area contributed by atoms with E-state index in [9.17, 15) is 14.7 Å². The van der Waals surface area contributed by atoms with Crippen LogP contribution in [0.2, 0.25) is 0 Å². The van der Waals surface area contributed by atoms with Crippen LogP contribution in [0.5, 0.6) is 0 Å². The first kappa shape index (κ1) is 16.0. The smallest absolute Gasteiger partial charge is 0.251 e. The van der Waals surface area contributed by atoms with Crippen LogP contribution in [0, 0.1) is 0 Å². The van der Waals surface area contributed by atoms with E-state index in [4.69, 9.17) is 0 Å². The van der Waals surface area contributed by atoms with Crippen molar-refractivity contribution in [1.82, 2.24) is 10.6 Å². The molecule has 1 aromatic rings. The maximum atomic E-state index is 12.2. The first-order valence-corrected chi connectivity index (χ1v) is 8.51. The molecule has 2 atom stereocenters. The average molecular weight is 316 g/mol. The molecule has 0 heterocycles. The summed E-state index contributed by atoms with van der Waals surface area (Å²) < 4.78 is 0. The molecular formula is C18H24N2O3. The molecule has 124 valence electrons. The number of hydrogen-bond donors (Lipinski definition) is 3. The van der Waals surface area contributed by atoms with Crippen molar-refractivity contribution in [2.45, 2.75) is 57.1 Å². The third-order valence-electron chi connectivity index (χ3n) is 4.85. The van der Waals surface area contributed by atoms with Crippen LogP contribution < -0.4 is 10.6 Å². The Kier molecular flexibility index (Phi) is 4.96. The summed E-state index contributed by atoms with van der Waals surface area (Å²) in [6, 6.07) is 5.58. The predicted octanol–water partition coefficient (Wildman–Crippen LogP) is 1.32. The highest BCUT2D eigenvalue weighted by molar-refractivity contribution is 5.96. The van der Waals surface area contributed by atoms with Crippen LogP contribution >= 0.6 is 0 Å². The number of fused-ring (bicyclic) bond motifs is 1. The average Bonchev–Trinajstić information content (AvgIpc) is 3.02. The summed E-state index contributed by atoms with van der Waals surface area (Å²) in [5.74, 6) is -0.468. The Morgan fingerprint density at radius 2 is 1.87 bits per heavy atom. The molecule has 1 aromatic carbocycles. The minimum atomic E-state index is -0.472. The van der Waals surface area contributed by atoms with E-state index < -0.39 is 6.10 Å². The van der Waals surface area contributed by atoms with Gasteiger partial charge in [-0.3, -0.25) is 9.59 Å². The van der Waals surface area contributed by atoms with Crippen LogP contribution in [0.1, 0.15) is 53.6 Å². The molecular weight excluding hydrogens is 292 g/mol. The molecule has 5 nitrogen and oxygen atoms in total. The number of carbonyl (C=O) groups is 2. The Morgan fingerprint density at radius 3 is 2.70 bits per heavy atom. The van der Waals surface area contributed by atoms with Gasteiger partial charge < -0.3 is 15.7 Å². The molecule has 0 aliphatic heterocycles. The van der Waals surface area contributed by atoms with E-state index in [1.807, 2.05) is 18.2 Å². The Bertz CT molecular complexity index is 600. The van der Waals surface area contributed by atoms with Crippen LogP contribution in [0.15, 0.2) is 18.2 Å². The van der Waals surface area contributed by atoms with Gasteiger partial charge in [-0.15, -0.1) is 0 Å². The van der Waals surface area contributed by atoms with Gasteiger partial charge >= 0.3 is 0 Å². The van der Waals surface area contributed by atoms with Gasteiger partial charge in [0.15, 0.2) is 0 Å². The fraction of sp³-hybridized carbons (Fsp3) is 0.556. The topological polar surface area (TPSA) is 78.4 Å². The second-order valence-corrected chi connectivity index (χ2v) is 6.55. The number of aliphatic hydroxyl groups is 1. The van der Waals surface area contributed by atoms with Gasteiger partial charge in [0, 0.05) is 5.56 Å². The molecule has 23 heavy (non-hydrogen) atoms. The molecule has 0 spiro atoms. The summed E-state index contributed by atoms with van der Waals surface area (Å²) in [7, 11) is 0. The molecule has 0 radical (unpaired) electrons. The third-order valence-corrected chi connectivity index (χ3v) is 4.85. The van der Waals surface area contributed by atoms with E-state index in [0.717, 1.165) is 44.9 Å². The van der Waals surface area contributed by atoms with Gasteiger partial charge in [-0.25, -0.2) is 0 Å². The van der Waals surface area contributed by atoms with Crippen LogP contribution in [0.4, 0.5) is 0 Å². The van der Waals surface area contributed by atoms with Gasteiger partial charge in [-0.2, -0.15) is 0 Å². The molecule has 5 heteroatoms. The first-order chi connectivity index (χ1) is 11.1. The molecule has 2 aliphatic carbocycles. The molecule has 3 rings (SSSR count). The quantitative estimate of drug-likeness (QED) is 0.784. The van der Waals surface area contributed by atoms with E-state index in [2.05, 4.69) is 10.6 Å². The molecule has 0 aromatic heterocycles. The zero-order valence-corrected chi connectivity index (χ0v) is 13.3. The number of nitrogens with one attached hydrogen (secondary N) is 2. The largest absolute Gasteiger partial charge is 0.391 e. The highest BCUT2D eigenvalue weighted by atomic mass is 16.3. The normalized spacial score (nSPS) is 23.2. The Morgan fingerprint density at radius 1 is 1.09 bits per heavy atom. The number of rotatable bonds is 4. The van der Waals surface area contributed by atoms with E-state index >= 15 is 0 Å². The maximum Gasteiger partial charge on any atom is 0.251 e. The van der Waals surface area contributed by atoms with Crippen molar-refractivity contribution in [3.8, 4) is 0 Å². The molecule has 0 saturated heterocycles. The highest BCUT2D eigenvalue weighted by Crippen LogP contribution is 2.22. The Hall–Kier alpha value is -1.88. The summed E-state index contributed by atoms with van der Waals surface area (Å²) in [6.07, 6.45) is 6.33. The van der Waals surface area contributed by atoms with Gasteiger partial charge in [-0.05, 0) is 55.4 Å². The summed E-state index contributed by atoms with van der Waals surface area (Å²) in [5, 5.41) is 15.3. The van der Waals surface area contributed by atoms with Crippen molar-refractivity contribution in [3.05, 3.63) is 34.9 Å². The number of amides is 2. The van der Waals surface area contributed by atoms with E-state index in [1.54, 1.807) is 0 Å². The number of benzene rings is 1. The lowest BCUT2D eigenvalue weighted by Crippen LogP contribution is -2.48. The van der Waals surface area contributed by atoms with Crippen LogP contribution in [-0.4, -0.2) is 35.6 Å².